The molecule has 0 radical (unpaired) electrons. The van der Waals surface area contributed by atoms with Crippen LogP contribution in [0.4, 0.5) is 0 Å². The van der Waals surface area contributed by atoms with E-state index in [-0.39, 0.29) is 35.3 Å². The minimum atomic E-state index is -1.51. The van der Waals surface area contributed by atoms with Gasteiger partial charge in [-0.1, -0.05) is 41.9 Å². The van der Waals surface area contributed by atoms with Crippen molar-refractivity contribution in [1.82, 2.24) is 10.2 Å². The van der Waals surface area contributed by atoms with Crippen LogP contribution in [-0.4, -0.2) is 39.9 Å². The van der Waals surface area contributed by atoms with Crippen LogP contribution in [0, 0.1) is 0 Å². The van der Waals surface area contributed by atoms with Crippen molar-refractivity contribution < 1.29 is 38.4 Å². The van der Waals surface area contributed by atoms with E-state index in [4.69, 9.17) is 17.3 Å². The normalized spacial score (nSPS) is 23.1. The minimum Gasteiger partial charge on any atom is -0.543 e. The molecule has 25 heavy (non-hydrogen) atoms. The number of hydrogen-bond acceptors (Lipinski definition) is 6. The zero-order valence-corrected chi connectivity index (χ0v) is 14.8. The number of nitrogens with one attached hydrogen (secondary N) is 1. The average Bonchev–Trinajstić information content (AvgIpc) is 2.59. The fourth-order valence-electron chi connectivity index (χ4n) is 2.63. The Hall–Kier alpha value is -1.43. The number of halogens is 1. The second kappa shape index (κ2) is 7.85. The Morgan fingerprint density at radius 1 is 1.36 bits per heavy atom. The Labute approximate surface area is 165 Å². The number of nitrogens with two attached hydrogens (primary N) is 1. The summed E-state index contributed by atoms with van der Waals surface area (Å²) in [6.07, 6.45) is 0. The first-order chi connectivity index (χ1) is 11.4. The molecule has 10 heteroatoms. The number of amides is 2. The van der Waals surface area contributed by atoms with Crippen molar-refractivity contribution in [2.45, 2.75) is 17.5 Å². The molecule has 1 aromatic carbocycles. The molecule has 2 unspecified atom stereocenters. The molecule has 1 aromatic rings. The average molecular weight is 374 g/mol. The predicted molar refractivity (Wildman–Crippen MR) is 86.3 cm³/mol. The summed E-state index contributed by atoms with van der Waals surface area (Å²) in [6, 6.07) is 7.00. The zero-order valence-electron chi connectivity index (χ0n) is 13.3. The Morgan fingerprint density at radius 2 is 2.00 bits per heavy atom. The zero-order chi connectivity index (χ0) is 17.4. The van der Waals surface area contributed by atoms with Gasteiger partial charge < -0.3 is 21.0 Å². The van der Waals surface area contributed by atoms with Gasteiger partial charge in [0.15, 0.2) is 0 Å². The van der Waals surface area contributed by atoms with Crippen LogP contribution in [0.2, 0.25) is 0 Å². The van der Waals surface area contributed by atoms with Gasteiger partial charge in [0.1, 0.15) is 17.5 Å². The maximum atomic E-state index is 12.3. The second-order valence-electron chi connectivity index (χ2n) is 5.33. The summed E-state index contributed by atoms with van der Waals surface area (Å²) in [4.78, 5) is 36.7. The quantitative estimate of drug-likeness (QED) is 0.414. The second-order valence-corrected chi connectivity index (χ2v) is 6.89. The number of carboxylic acids is 1. The summed E-state index contributed by atoms with van der Waals surface area (Å²) < 4.78 is 0. The number of aliphatic carboxylic acids is 1. The molecular formula is C15H13ClLiN3O4S. The Kier molecular flexibility index (Phi) is 6.24. The smallest absolute Gasteiger partial charge is 0.543 e. The number of rotatable bonds is 4. The van der Waals surface area contributed by atoms with Gasteiger partial charge in [-0.2, -0.15) is 0 Å². The van der Waals surface area contributed by atoms with Crippen molar-refractivity contribution >= 4 is 41.1 Å². The third-order valence-electron chi connectivity index (χ3n) is 3.85. The third-order valence-corrected chi connectivity index (χ3v) is 5.61. The topological polar surface area (TPSA) is 116 Å². The molecule has 1 fully saturated rings. The van der Waals surface area contributed by atoms with E-state index in [0.717, 1.165) is 4.90 Å². The molecule has 2 aliphatic rings. The molecule has 126 valence electrons. The van der Waals surface area contributed by atoms with Gasteiger partial charge in [0.25, 0.3) is 5.91 Å². The first kappa shape index (κ1) is 19.9. The van der Waals surface area contributed by atoms with Gasteiger partial charge in [-0.05, 0) is 5.56 Å². The molecule has 2 heterocycles. The van der Waals surface area contributed by atoms with Gasteiger partial charge in [0.05, 0.1) is 16.7 Å². The van der Waals surface area contributed by atoms with Gasteiger partial charge in [-0.3, -0.25) is 14.5 Å². The minimum absolute atomic E-state index is 0. The molecule has 0 aromatic heterocycles. The summed E-state index contributed by atoms with van der Waals surface area (Å²) in [7, 11) is 0. The fraction of sp³-hybridized carbons (Fsp3) is 0.267. The predicted octanol–water partition coefficient (Wildman–Crippen LogP) is -3.71. The van der Waals surface area contributed by atoms with Crippen molar-refractivity contribution in [3.05, 3.63) is 46.6 Å². The molecule has 0 spiro atoms. The largest absolute Gasteiger partial charge is 1.00 e. The van der Waals surface area contributed by atoms with Gasteiger partial charge in [0.2, 0.25) is 5.91 Å². The number of benzene rings is 1. The summed E-state index contributed by atoms with van der Waals surface area (Å²) in [6.45, 7) is 0. The standard InChI is InChI=1S/C15H14ClN3O4S.Li/c16-8-6-24-14-10(13(21)19(14)11(8)15(22)23)18-12(20)9(17)7-4-2-1-3-5-7;/h1-5,9-10,14H,6,17H2,(H,18,20)(H,22,23);/q;+1/p-1/t9?,10?,14-;/m1./s1. The van der Waals surface area contributed by atoms with Gasteiger partial charge in [0, 0.05) is 5.75 Å². The summed E-state index contributed by atoms with van der Waals surface area (Å²) >= 11 is 7.13. The van der Waals surface area contributed by atoms with Crippen molar-refractivity contribution in [1.29, 1.82) is 0 Å². The Balaban J connectivity index is 0.00000225. The SMILES string of the molecule is NC(C(=O)NC1C(=O)N2C(C(=O)[O-])=C(Cl)CS[C@H]12)c1ccccc1.[Li+]. The molecule has 3 rings (SSSR count). The van der Waals surface area contributed by atoms with Crippen LogP contribution in [0.3, 0.4) is 0 Å². The van der Waals surface area contributed by atoms with E-state index < -0.39 is 35.2 Å². The number of carboxylic acid groups (broad SMARTS) is 1. The molecule has 7 nitrogen and oxygen atoms in total. The number of fused-ring (bicyclic) bond motifs is 1. The summed E-state index contributed by atoms with van der Waals surface area (Å²) in [5, 5.41) is 13.3. The molecular weight excluding hydrogens is 361 g/mol. The maximum Gasteiger partial charge on any atom is 1.00 e. The summed E-state index contributed by atoms with van der Waals surface area (Å²) in [5.41, 5.74) is 6.19. The van der Waals surface area contributed by atoms with E-state index in [1.54, 1.807) is 30.3 Å². The first-order valence-electron chi connectivity index (χ1n) is 7.07. The molecule has 3 N–H and O–H groups in total. The van der Waals surface area contributed by atoms with Crippen molar-refractivity contribution in [2.75, 3.05) is 5.75 Å². The molecule has 3 atom stereocenters. The van der Waals surface area contributed by atoms with Crippen LogP contribution in [0.5, 0.6) is 0 Å². The van der Waals surface area contributed by atoms with E-state index in [9.17, 15) is 19.5 Å². The molecule has 0 aliphatic carbocycles. The van der Waals surface area contributed by atoms with Crippen molar-refractivity contribution in [2.24, 2.45) is 5.73 Å². The number of hydrogen-bond donors (Lipinski definition) is 2. The first-order valence-corrected chi connectivity index (χ1v) is 8.50. The fourth-order valence-corrected chi connectivity index (χ4v) is 4.17. The van der Waals surface area contributed by atoms with Crippen LogP contribution in [0.25, 0.3) is 0 Å². The molecule has 0 saturated carbocycles. The molecule has 1 saturated heterocycles. The Morgan fingerprint density at radius 3 is 2.60 bits per heavy atom. The van der Waals surface area contributed by atoms with Crippen molar-refractivity contribution in [3.8, 4) is 0 Å². The van der Waals surface area contributed by atoms with E-state index in [2.05, 4.69) is 5.32 Å². The van der Waals surface area contributed by atoms with Crippen LogP contribution < -0.4 is 35.0 Å². The monoisotopic (exact) mass is 373 g/mol. The number of nitrogens with zero attached hydrogens (tertiary/aromatic N) is 1. The summed E-state index contributed by atoms with van der Waals surface area (Å²) in [5.74, 6) is -2.32. The maximum absolute atomic E-state index is 12.3. The van der Waals surface area contributed by atoms with Crippen LogP contribution in [-0.2, 0) is 14.4 Å². The third kappa shape index (κ3) is 3.59. The molecule has 2 aliphatic heterocycles. The van der Waals surface area contributed by atoms with Gasteiger partial charge in [-0.15, -0.1) is 11.8 Å². The number of thioether (sulfide) groups is 1. The van der Waals surface area contributed by atoms with Crippen LogP contribution in [0.15, 0.2) is 41.1 Å². The van der Waals surface area contributed by atoms with Crippen LogP contribution in [0.1, 0.15) is 11.6 Å². The molecule has 2 amide bonds. The number of carbonyl (C=O) groups is 3. The van der Waals surface area contributed by atoms with Crippen LogP contribution >= 0.6 is 23.4 Å². The Bertz CT molecular complexity index is 746. The van der Waals surface area contributed by atoms with E-state index >= 15 is 0 Å². The van der Waals surface area contributed by atoms with E-state index in [1.807, 2.05) is 0 Å². The van der Waals surface area contributed by atoms with E-state index in [0.29, 0.717) is 5.56 Å². The van der Waals surface area contributed by atoms with Gasteiger partial charge in [-0.25, -0.2) is 0 Å². The molecule has 0 bridgehead atoms. The van der Waals surface area contributed by atoms with Crippen molar-refractivity contribution in [3.63, 3.8) is 0 Å². The number of β-lactam (4-membered cyclic amide) rings is 1. The number of carbonyl (C=O) groups excluding carboxylic acids is 3. The van der Waals surface area contributed by atoms with E-state index in [1.165, 1.54) is 11.8 Å². The van der Waals surface area contributed by atoms with Gasteiger partial charge >= 0.3 is 18.9 Å².